The van der Waals surface area contributed by atoms with Gasteiger partial charge < -0.3 is 4.42 Å². The van der Waals surface area contributed by atoms with E-state index >= 15 is 0 Å². The summed E-state index contributed by atoms with van der Waals surface area (Å²) in [5.74, 6) is -0.132. The molecule has 186 valence electrons. The monoisotopic (exact) mass is 514 g/mol. The van der Waals surface area contributed by atoms with Crippen molar-refractivity contribution in [2.24, 2.45) is 5.92 Å². The summed E-state index contributed by atoms with van der Waals surface area (Å²) in [5, 5.41) is 11.2. The maximum Gasteiger partial charge on any atom is 0.322 e. The number of carbonyl (C=O) groups is 1. The van der Waals surface area contributed by atoms with Crippen molar-refractivity contribution in [1.29, 1.82) is 0 Å². The van der Waals surface area contributed by atoms with Crippen LogP contribution >= 0.6 is 11.8 Å². The Morgan fingerprint density at radius 3 is 2.37 bits per heavy atom. The van der Waals surface area contributed by atoms with Crippen LogP contribution in [-0.2, 0) is 21.2 Å². The Morgan fingerprint density at radius 1 is 1.09 bits per heavy atom. The van der Waals surface area contributed by atoms with Gasteiger partial charge in [-0.25, -0.2) is 8.42 Å². The molecule has 1 amide bonds. The van der Waals surface area contributed by atoms with Crippen molar-refractivity contribution in [1.82, 2.24) is 14.5 Å². The van der Waals surface area contributed by atoms with Gasteiger partial charge in [0, 0.05) is 29.2 Å². The van der Waals surface area contributed by atoms with Crippen molar-refractivity contribution in [3.8, 4) is 0 Å². The van der Waals surface area contributed by atoms with Crippen LogP contribution < -0.4 is 5.32 Å². The van der Waals surface area contributed by atoms with Crippen LogP contribution in [0.5, 0.6) is 0 Å². The standard InChI is InChI=1S/C25H30N4O4S2/c1-17(2)34-21-8-6-19(7-9-21)16-23-27-28-25(33-23)26-24(30)20-12-14-29(15-13-20)35(31,32)22-10-4-18(3)5-11-22/h4-11,17,20H,12-16H2,1-3H3,(H,26,28,30). The van der Waals surface area contributed by atoms with Crippen LogP contribution in [0.1, 0.15) is 43.7 Å². The zero-order chi connectivity index (χ0) is 25.0. The first kappa shape index (κ1) is 25.4. The lowest BCUT2D eigenvalue weighted by Crippen LogP contribution is -2.41. The highest BCUT2D eigenvalue weighted by Gasteiger charge is 2.32. The Bertz CT molecular complexity index is 1250. The predicted molar refractivity (Wildman–Crippen MR) is 136 cm³/mol. The van der Waals surface area contributed by atoms with Crippen molar-refractivity contribution >= 4 is 33.7 Å². The Hall–Kier alpha value is -2.69. The van der Waals surface area contributed by atoms with Crippen LogP contribution in [0.25, 0.3) is 0 Å². The number of piperidine rings is 1. The number of aromatic nitrogens is 2. The minimum atomic E-state index is -3.56. The first-order valence-corrected chi connectivity index (χ1v) is 14.0. The SMILES string of the molecule is Cc1ccc(S(=O)(=O)N2CCC(C(=O)Nc3nnc(Cc4ccc(SC(C)C)cc4)o3)CC2)cc1. The topological polar surface area (TPSA) is 105 Å². The van der Waals surface area contributed by atoms with Gasteiger partial charge in [-0.05, 0) is 49.6 Å². The fraction of sp³-hybridized carbons (Fsp3) is 0.400. The summed E-state index contributed by atoms with van der Waals surface area (Å²) in [4.78, 5) is 14.2. The summed E-state index contributed by atoms with van der Waals surface area (Å²) in [6.07, 6.45) is 1.34. The Morgan fingerprint density at radius 2 is 1.74 bits per heavy atom. The van der Waals surface area contributed by atoms with Gasteiger partial charge in [0.25, 0.3) is 0 Å². The fourth-order valence-electron chi connectivity index (χ4n) is 3.93. The summed E-state index contributed by atoms with van der Waals surface area (Å²) < 4.78 is 32.8. The normalized spacial score (nSPS) is 15.4. The maximum absolute atomic E-state index is 12.9. The quantitative estimate of drug-likeness (QED) is 0.441. The van der Waals surface area contributed by atoms with Gasteiger partial charge in [-0.1, -0.05) is 48.8 Å². The van der Waals surface area contributed by atoms with Gasteiger partial charge >= 0.3 is 6.01 Å². The average molecular weight is 515 g/mol. The molecule has 8 nitrogen and oxygen atoms in total. The van der Waals surface area contributed by atoms with E-state index in [-0.39, 0.29) is 35.8 Å². The number of thioether (sulfide) groups is 1. The maximum atomic E-state index is 12.9. The molecule has 0 bridgehead atoms. The van der Waals surface area contributed by atoms with Crippen LogP contribution in [-0.4, -0.2) is 47.2 Å². The molecule has 0 aliphatic carbocycles. The number of carbonyl (C=O) groups excluding carboxylic acids is 1. The third-order valence-corrected chi connectivity index (χ3v) is 8.76. The molecule has 0 radical (unpaired) electrons. The van der Waals surface area contributed by atoms with Gasteiger partial charge in [-0.15, -0.1) is 16.9 Å². The smallest absolute Gasteiger partial charge is 0.322 e. The van der Waals surface area contributed by atoms with Gasteiger partial charge in [0.1, 0.15) is 0 Å². The first-order chi connectivity index (χ1) is 16.7. The summed E-state index contributed by atoms with van der Waals surface area (Å²) >= 11 is 1.80. The number of amides is 1. The molecule has 1 aliphatic rings. The van der Waals surface area contributed by atoms with Crippen molar-refractivity contribution in [3.05, 3.63) is 65.5 Å². The van der Waals surface area contributed by atoms with Crippen LogP contribution in [0.2, 0.25) is 0 Å². The largest absolute Gasteiger partial charge is 0.407 e. The lowest BCUT2D eigenvalue weighted by atomic mass is 9.97. The lowest BCUT2D eigenvalue weighted by molar-refractivity contribution is -0.121. The molecule has 1 fully saturated rings. The number of aryl methyl sites for hydroxylation is 1. The molecule has 1 aliphatic heterocycles. The number of rotatable bonds is 8. The summed E-state index contributed by atoms with van der Waals surface area (Å²) in [5.41, 5.74) is 2.05. The lowest BCUT2D eigenvalue weighted by Gasteiger charge is -2.30. The number of nitrogens with zero attached hydrogens (tertiary/aromatic N) is 3. The minimum absolute atomic E-state index is 0.0617. The van der Waals surface area contributed by atoms with E-state index in [1.807, 2.05) is 19.1 Å². The highest BCUT2D eigenvalue weighted by atomic mass is 32.2. The number of nitrogens with one attached hydrogen (secondary N) is 1. The summed E-state index contributed by atoms with van der Waals surface area (Å²) in [7, 11) is -3.56. The van der Waals surface area contributed by atoms with E-state index in [1.54, 1.807) is 36.0 Å². The molecule has 35 heavy (non-hydrogen) atoms. The van der Waals surface area contributed by atoms with Crippen molar-refractivity contribution in [2.45, 2.75) is 55.1 Å². The fourth-order valence-corrected chi connectivity index (χ4v) is 6.24. The molecule has 1 N–H and O–H groups in total. The third kappa shape index (κ3) is 6.50. The molecular formula is C25H30N4O4S2. The van der Waals surface area contributed by atoms with E-state index in [9.17, 15) is 13.2 Å². The number of hydrogen-bond donors (Lipinski definition) is 1. The van der Waals surface area contributed by atoms with Crippen molar-refractivity contribution in [2.75, 3.05) is 18.4 Å². The van der Waals surface area contributed by atoms with E-state index in [2.05, 4.69) is 41.5 Å². The van der Waals surface area contributed by atoms with E-state index in [4.69, 9.17) is 4.42 Å². The second kappa shape index (κ2) is 10.9. The van der Waals surface area contributed by atoms with Crippen molar-refractivity contribution in [3.63, 3.8) is 0 Å². The van der Waals surface area contributed by atoms with Crippen LogP contribution in [0.4, 0.5) is 6.01 Å². The summed E-state index contributed by atoms with van der Waals surface area (Å²) in [6.45, 7) is 6.80. The Kier molecular flexibility index (Phi) is 7.93. The van der Waals surface area contributed by atoms with Gasteiger partial charge in [-0.3, -0.25) is 10.1 Å². The molecule has 4 rings (SSSR count). The Balaban J connectivity index is 1.29. The molecule has 0 unspecified atom stereocenters. The van der Waals surface area contributed by atoms with Crippen LogP contribution in [0.15, 0.2) is 62.7 Å². The van der Waals surface area contributed by atoms with Gasteiger partial charge in [0.15, 0.2) is 0 Å². The molecule has 0 spiro atoms. The molecule has 1 saturated heterocycles. The van der Waals surface area contributed by atoms with Crippen molar-refractivity contribution < 1.29 is 17.6 Å². The number of benzene rings is 2. The molecular weight excluding hydrogens is 484 g/mol. The van der Waals surface area contributed by atoms with Crippen LogP contribution in [0.3, 0.4) is 0 Å². The molecule has 0 saturated carbocycles. The van der Waals surface area contributed by atoms with E-state index in [0.29, 0.717) is 30.4 Å². The number of hydrogen-bond acceptors (Lipinski definition) is 7. The molecule has 10 heteroatoms. The number of sulfonamides is 1. The average Bonchev–Trinajstić information content (AvgIpc) is 3.27. The summed E-state index contributed by atoms with van der Waals surface area (Å²) in [6, 6.07) is 15.1. The van der Waals surface area contributed by atoms with E-state index in [1.165, 1.54) is 9.20 Å². The molecule has 0 atom stereocenters. The number of anilines is 1. The third-order valence-electron chi connectivity index (χ3n) is 5.83. The zero-order valence-corrected chi connectivity index (χ0v) is 21.7. The minimum Gasteiger partial charge on any atom is -0.407 e. The van der Waals surface area contributed by atoms with Gasteiger partial charge in [0.2, 0.25) is 21.8 Å². The molecule has 1 aromatic heterocycles. The van der Waals surface area contributed by atoms with E-state index in [0.717, 1.165) is 11.1 Å². The first-order valence-electron chi connectivity index (χ1n) is 11.7. The molecule has 2 aromatic carbocycles. The van der Waals surface area contributed by atoms with Gasteiger partial charge in [0.05, 0.1) is 11.3 Å². The Labute approximate surface area is 210 Å². The van der Waals surface area contributed by atoms with Crippen LogP contribution in [0, 0.1) is 12.8 Å². The highest BCUT2D eigenvalue weighted by Crippen LogP contribution is 2.26. The van der Waals surface area contributed by atoms with E-state index < -0.39 is 10.0 Å². The second-order valence-electron chi connectivity index (χ2n) is 8.97. The molecule has 2 heterocycles. The predicted octanol–water partition coefficient (Wildman–Crippen LogP) is 4.51. The van der Waals surface area contributed by atoms with Gasteiger partial charge in [-0.2, -0.15) is 4.31 Å². The molecule has 3 aromatic rings. The second-order valence-corrected chi connectivity index (χ2v) is 12.6. The zero-order valence-electron chi connectivity index (χ0n) is 20.1. The highest BCUT2D eigenvalue weighted by molar-refractivity contribution is 7.99.